The van der Waals surface area contributed by atoms with Crippen molar-refractivity contribution in [3.05, 3.63) is 63.3 Å². The average molecular weight is 239 g/mol. The Morgan fingerprint density at radius 3 is 2.89 bits per heavy atom. The molecule has 0 saturated heterocycles. The molecule has 5 heteroatoms. The second kappa shape index (κ2) is 4.63. The number of aryl methyl sites for hydroxylation is 1. The average Bonchev–Trinajstić information content (AvgIpc) is 2.39. The first-order chi connectivity index (χ1) is 8.63. The van der Waals surface area contributed by atoms with Crippen molar-refractivity contribution in [1.29, 1.82) is 5.26 Å². The zero-order valence-corrected chi connectivity index (χ0v) is 9.60. The highest BCUT2D eigenvalue weighted by molar-refractivity contribution is 6.09. The first-order valence-corrected chi connectivity index (χ1v) is 5.22. The van der Waals surface area contributed by atoms with Gasteiger partial charge in [-0.25, -0.2) is 0 Å². The molecule has 0 aliphatic carbocycles. The molecule has 0 aromatic carbocycles. The topological polar surface area (TPSA) is 86.6 Å². The van der Waals surface area contributed by atoms with Gasteiger partial charge in [-0.15, -0.1) is 0 Å². The maximum absolute atomic E-state index is 12.2. The number of nitriles is 1. The molecule has 18 heavy (non-hydrogen) atoms. The number of hydrogen-bond donors (Lipinski definition) is 1. The molecular weight excluding hydrogens is 230 g/mol. The molecule has 88 valence electrons. The van der Waals surface area contributed by atoms with E-state index in [1.807, 2.05) is 0 Å². The number of aromatic nitrogens is 2. The first kappa shape index (κ1) is 11.7. The molecule has 0 unspecified atom stereocenters. The number of hydrogen-bond acceptors (Lipinski definition) is 4. The molecule has 0 bridgehead atoms. The van der Waals surface area contributed by atoms with Gasteiger partial charge in [0.1, 0.15) is 11.6 Å². The fraction of sp³-hybridized carbons (Fsp3) is 0.0769. The van der Waals surface area contributed by atoms with Gasteiger partial charge in [0.05, 0.1) is 0 Å². The van der Waals surface area contributed by atoms with E-state index in [9.17, 15) is 9.59 Å². The lowest BCUT2D eigenvalue weighted by atomic mass is 10.0. The van der Waals surface area contributed by atoms with E-state index < -0.39 is 5.56 Å². The third-order valence-corrected chi connectivity index (χ3v) is 2.53. The van der Waals surface area contributed by atoms with Gasteiger partial charge in [0.2, 0.25) is 0 Å². The number of pyridine rings is 2. The molecule has 1 N–H and O–H groups in total. The van der Waals surface area contributed by atoms with Crippen LogP contribution in [0.4, 0.5) is 0 Å². The highest BCUT2D eigenvalue weighted by Gasteiger charge is 2.14. The molecule has 2 heterocycles. The summed E-state index contributed by atoms with van der Waals surface area (Å²) in [5.74, 6) is -0.270. The van der Waals surface area contributed by atoms with E-state index >= 15 is 0 Å². The fourth-order valence-electron chi connectivity index (χ4n) is 1.59. The molecule has 0 radical (unpaired) electrons. The van der Waals surface area contributed by atoms with E-state index in [1.54, 1.807) is 31.3 Å². The van der Waals surface area contributed by atoms with Gasteiger partial charge in [-0.3, -0.25) is 14.6 Å². The largest absolute Gasteiger partial charge is 0.325 e. The number of ketones is 1. The van der Waals surface area contributed by atoms with Gasteiger partial charge in [-0.1, -0.05) is 0 Å². The van der Waals surface area contributed by atoms with Gasteiger partial charge >= 0.3 is 0 Å². The second-order valence-corrected chi connectivity index (χ2v) is 3.73. The van der Waals surface area contributed by atoms with E-state index in [-0.39, 0.29) is 11.3 Å². The Labute approximate surface area is 103 Å². The highest BCUT2D eigenvalue weighted by atomic mass is 16.1. The molecule has 2 rings (SSSR count). The minimum absolute atomic E-state index is 0.0761. The van der Waals surface area contributed by atoms with Crippen LogP contribution in [0.2, 0.25) is 0 Å². The highest BCUT2D eigenvalue weighted by Crippen LogP contribution is 2.11. The monoisotopic (exact) mass is 239 g/mol. The van der Waals surface area contributed by atoms with Gasteiger partial charge in [-0.05, 0) is 25.1 Å². The molecule has 0 saturated carbocycles. The minimum Gasteiger partial charge on any atom is -0.325 e. The van der Waals surface area contributed by atoms with Crippen LogP contribution in [-0.2, 0) is 0 Å². The van der Waals surface area contributed by atoms with Crippen molar-refractivity contribution in [3.63, 3.8) is 0 Å². The van der Waals surface area contributed by atoms with Gasteiger partial charge in [0, 0.05) is 29.2 Å². The van der Waals surface area contributed by atoms with E-state index in [0.29, 0.717) is 16.8 Å². The van der Waals surface area contributed by atoms with Gasteiger partial charge in [0.15, 0.2) is 5.78 Å². The molecule has 0 fully saturated rings. The number of nitrogens with one attached hydrogen (secondary N) is 1. The maximum Gasteiger partial charge on any atom is 0.266 e. The molecule has 0 aliphatic rings. The van der Waals surface area contributed by atoms with Crippen molar-refractivity contribution in [1.82, 2.24) is 9.97 Å². The van der Waals surface area contributed by atoms with Gasteiger partial charge in [-0.2, -0.15) is 5.26 Å². The zero-order chi connectivity index (χ0) is 13.1. The van der Waals surface area contributed by atoms with Gasteiger partial charge < -0.3 is 4.98 Å². The fourth-order valence-corrected chi connectivity index (χ4v) is 1.59. The Morgan fingerprint density at radius 2 is 2.28 bits per heavy atom. The summed E-state index contributed by atoms with van der Waals surface area (Å²) in [6.07, 6.45) is 3.01. The Hall–Kier alpha value is -2.74. The number of aromatic amines is 1. The predicted molar refractivity (Wildman–Crippen MR) is 64.2 cm³/mol. The quantitative estimate of drug-likeness (QED) is 0.797. The number of nitrogens with zero attached hydrogens (tertiary/aromatic N) is 2. The van der Waals surface area contributed by atoms with E-state index in [1.165, 1.54) is 12.3 Å². The van der Waals surface area contributed by atoms with Crippen molar-refractivity contribution in [2.75, 3.05) is 0 Å². The summed E-state index contributed by atoms with van der Waals surface area (Å²) >= 11 is 0. The van der Waals surface area contributed by atoms with Crippen molar-refractivity contribution < 1.29 is 4.79 Å². The molecule has 0 spiro atoms. The van der Waals surface area contributed by atoms with Crippen LogP contribution in [0.25, 0.3) is 0 Å². The molecular formula is C13H9N3O2. The number of carbonyl (C=O) groups excluding carboxylic acids is 1. The lowest BCUT2D eigenvalue weighted by Crippen LogP contribution is -2.16. The Balaban J connectivity index is 2.56. The van der Waals surface area contributed by atoms with Crippen LogP contribution in [0, 0.1) is 18.3 Å². The molecule has 0 atom stereocenters. The molecule has 2 aromatic heterocycles. The zero-order valence-electron chi connectivity index (χ0n) is 9.60. The first-order valence-electron chi connectivity index (χ1n) is 5.22. The molecule has 0 aliphatic heterocycles. The van der Waals surface area contributed by atoms with E-state index in [2.05, 4.69) is 9.97 Å². The van der Waals surface area contributed by atoms with Crippen LogP contribution < -0.4 is 5.56 Å². The number of rotatable bonds is 2. The summed E-state index contributed by atoms with van der Waals surface area (Å²) < 4.78 is 0. The third kappa shape index (κ3) is 2.04. The Morgan fingerprint density at radius 1 is 1.50 bits per heavy atom. The summed E-state index contributed by atoms with van der Waals surface area (Å²) in [5.41, 5.74) is 0.592. The van der Waals surface area contributed by atoms with Gasteiger partial charge in [0.25, 0.3) is 5.56 Å². The second-order valence-electron chi connectivity index (χ2n) is 3.73. The van der Waals surface area contributed by atoms with E-state index in [4.69, 9.17) is 5.26 Å². The van der Waals surface area contributed by atoms with Crippen molar-refractivity contribution in [2.45, 2.75) is 6.92 Å². The van der Waals surface area contributed by atoms with Crippen molar-refractivity contribution in [2.24, 2.45) is 0 Å². The number of carbonyl (C=O) groups is 1. The Kier molecular flexibility index (Phi) is 3.02. The van der Waals surface area contributed by atoms with Crippen LogP contribution in [-0.4, -0.2) is 15.8 Å². The predicted octanol–water partition coefficient (Wildman–Crippen LogP) is 1.18. The maximum atomic E-state index is 12.2. The lowest BCUT2D eigenvalue weighted by Gasteiger charge is -2.04. The summed E-state index contributed by atoms with van der Waals surface area (Å²) in [5, 5.41) is 8.79. The summed E-state index contributed by atoms with van der Waals surface area (Å²) in [6.45, 7) is 1.62. The molecule has 0 amide bonds. The summed E-state index contributed by atoms with van der Waals surface area (Å²) in [7, 11) is 0. The van der Waals surface area contributed by atoms with Crippen molar-refractivity contribution >= 4 is 5.78 Å². The summed E-state index contributed by atoms with van der Waals surface area (Å²) in [4.78, 5) is 29.9. The normalized spacial score (nSPS) is 9.78. The van der Waals surface area contributed by atoms with E-state index in [0.717, 1.165) is 0 Å². The third-order valence-electron chi connectivity index (χ3n) is 2.53. The van der Waals surface area contributed by atoms with Crippen LogP contribution in [0.1, 0.15) is 27.2 Å². The minimum atomic E-state index is -0.488. The summed E-state index contributed by atoms with van der Waals surface area (Å²) in [6, 6.07) is 6.35. The number of H-pyrrole nitrogens is 1. The van der Waals surface area contributed by atoms with Crippen LogP contribution in [0.3, 0.4) is 0 Å². The van der Waals surface area contributed by atoms with Crippen LogP contribution in [0.15, 0.2) is 35.4 Å². The standard InChI is InChI=1S/C13H9N3O2/c1-8-11(5-10(6-14)13(18)16-8)12(17)9-3-2-4-15-7-9/h2-5,7H,1H3,(H,16,18). The molecule has 5 nitrogen and oxygen atoms in total. The van der Waals surface area contributed by atoms with Crippen LogP contribution in [0.5, 0.6) is 0 Å². The SMILES string of the molecule is Cc1[nH]c(=O)c(C#N)cc1C(=O)c1cccnc1. The van der Waals surface area contributed by atoms with Crippen LogP contribution >= 0.6 is 0 Å². The Bertz CT molecular complexity index is 696. The lowest BCUT2D eigenvalue weighted by molar-refractivity contribution is 0.103. The molecule has 2 aromatic rings. The smallest absolute Gasteiger partial charge is 0.266 e. The van der Waals surface area contributed by atoms with Crippen molar-refractivity contribution in [3.8, 4) is 6.07 Å².